The molecule has 0 radical (unpaired) electrons. The van der Waals surface area contributed by atoms with Crippen LogP contribution in [0.5, 0.6) is 0 Å². The quantitative estimate of drug-likeness (QED) is 0.297. The topological polar surface area (TPSA) is 0 Å². The Balaban J connectivity index is 5.44. The highest BCUT2D eigenvalue weighted by Gasteiger charge is 2.34. The van der Waals surface area contributed by atoms with E-state index in [9.17, 15) is 0 Å². The smallest absolute Gasteiger partial charge is 0.0352 e. The molecule has 0 aromatic carbocycles. The maximum absolute atomic E-state index is 2.58. The van der Waals surface area contributed by atoms with Gasteiger partial charge in [0.15, 0.2) is 0 Å². The Morgan fingerprint density at radius 3 is 1.58 bits per heavy atom. The largest absolute Gasteiger partial charge is 0.0654 e. The average molecular weight is 339 g/mol. The molecule has 0 aliphatic heterocycles. The minimum Gasteiger partial charge on any atom is -0.0654 e. The van der Waals surface area contributed by atoms with Crippen LogP contribution < -0.4 is 0 Å². The molecule has 0 amide bonds. The summed E-state index contributed by atoms with van der Waals surface area (Å²) in [6.07, 6.45) is 11.0. The molecule has 24 heavy (non-hydrogen) atoms. The molecule has 6 atom stereocenters. The van der Waals surface area contributed by atoms with Gasteiger partial charge in [-0.15, -0.1) is 0 Å². The predicted octanol–water partition coefficient (Wildman–Crippen LogP) is 8.60. The van der Waals surface area contributed by atoms with Crippen LogP contribution in [0, 0.1) is 41.4 Å². The summed E-state index contributed by atoms with van der Waals surface area (Å²) in [5.74, 6) is 6.25. The number of hydrogen-bond acceptors (Lipinski definition) is 0. The van der Waals surface area contributed by atoms with E-state index in [1.54, 1.807) is 0 Å². The third-order valence-corrected chi connectivity index (χ3v) is 7.37. The van der Waals surface area contributed by atoms with Gasteiger partial charge in [0.1, 0.15) is 0 Å². The van der Waals surface area contributed by atoms with Crippen LogP contribution in [0.1, 0.15) is 114 Å². The first-order chi connectivity index (χ1) is 11.4. The monoisotopic (exact) mass is 338 g/mol. The molecule has 0 aliphatic rings. The van der Waals surface area contributed by atoms with Crippen molar-refractivity contribution in [3.05, 3.63) is 0 Å². The minimum atomic E-state index is 0.868. The van der Waals surface area contributed by atoms with Crippen molar-refractivity contribution in [2.75, 3.05) is 0 Å². The average Bonchev–Trinajstić information content (AvgIpc) is 2.59. The second-order valence-corrected chi connectivity index (χ2v) is 9.01. The van der Waals surface area contributed by atoms with Crippen molar-refractivity contribution in [3.8, 4) is 0 Å². The van der Waals surface area contributed by atoms with E-state index in [1.165, 1.54) is 51.4 Å². The molecule has 0 heterocycles. The van der Waals surface area contributed by atoms with Gasteiger partial charge >= 0.3 is 0 Å². The van der Waals surface area contributed by atoms with Crippen molar-refractivity contribution in [1.29, 1.82) is 0 Å². The summed E-state index contributed by atoms with van der Waals surface area (Å²) in [6, 6.07) is 0. The molecule has 0 N–H and O–H groups in total. The van der Waals surface area contributed by atoms with E-state index in [0.717, 1.165) is 41.4 Å². The maximum Gasteiger partial charge on any atom is -0.0352 e. The molecule has 0 fully saturated rings. The van der Waals surface area contributed by atoms with Crippen molar-refractivity contribution < 1.29 is 0 Å². The molecule has 0 saturated carbocycles. The zero-order valence-corrected chi connectivity index (χ0v) is 18.7. The van der Waals surface area contributed by atoms with Gasteiger partial charge in [0, 0.05) is 0 Å². The van der Waals surface area contributed by atoms with Gasteiger partial charge in [-0.05, 0) is 54.3 Å². The van der Waals surface area contributed by atoms with Gasteiger partial charge in [0.2, 0.25) is 0 Å². The second kappa shape index (κ2) is 13.2. The van der Waals surface area contributed by atoms with E-state index in [2.05, 4.69) is 62.3 Å². The lowest BCUT2D eigenvalue weighted by atomic mass is 9.65. The fourth-order valence-electron chi connectivity index (χ4n) is 4.69. The van der Waals surface area contributed by atoms with Crippen LogP contribution in [0.4, 0.5) is 0 Å². The molecule has 0 aromatic heterocycles. The van der Waals surface area contributed by atoms with Crippen LogP contribution >= 0.6 is 0 Å². The molecule has 0 heteroatoms. The van der Waals surface area contributed by atoms with Gasteiger partial charge in [0.25, 0.3) is 0 Å². The zero-order chi connectivity index (χ0) is 18.7. The van der Waals surface area contributed by atoms with Crippen molar-refractivity contribution >= 4 is 0 Å². The Morgan fingerprint density at radius 2 is 1.17 bits per heavy atom. The van der Waals surface area contributed by atoms with Crippen LogP contribution in [0.25, 0.3) is 0 Å². The summed E-state index contributed by atoms with van der Waals surface area (Å²) in [4.78, 5) is 0. The standard InChI is InChI=1S/C24H50/c1-10-15-20(8)21(9)24(16-18(6)11-2)23(19(7)12-3)17-22(13-4)14-5/h18-24H,10-17H2,1-9H3. The van der Waals surface area contributed by atoms with Gasteiger partial charge in [-0.1, -0.05) is 101 Å². The molecule has 0 spiro atoms. The van der Waals surface area contributed by atoms with E-state index in [1.807, 2.05) is 0 Å². The first-order valence-electron chi connectivity index (χ1n) is 11.4. The lowest BCUT2D eigenvalue weighted by molar-refractivity contribution is 0.0872. The fourth-order valence-corrected chi connectivity index (χ4v) is 4.69. The van der Waals surface area contributed by atoms with Gasteiger partial charge in [-0.25, -0.2) is 0 Å². The lowest BCUT2D eigenvalue weighted by Gasteiger charge is -2.41. The zero-order valence-electron chi connectivity index (χ0n) is 18.7. The molecule has 0 nitrogen and oxygen atoms in total. The minimum absolute atomic E-state index is 0.868. The summed E-state index contributed by atoms with van der Waals surface area (Å²) < 4.78 is 0. The second-order valence-electron chi connectivity index (χ2n) is 9.01. The van der Waals surface area contributed by atoms with Crippen molar-refractivity contribution in [3.63, 3.8) is 0 Å². The molecule has 0 saturated heterocycles. The fraction of sp³-hybridized carbons (Fsp3) is 1.00. The maximum atomic E-state index is 2.58. The molecule has 6 unspecified atom stereocenters. The molecule has 0 aliphatic carbocycles. The van der Waals surface area contributed by atoms with Crippen LogP contribution in [0.15, 0.2) is 0 Å². The van der Waals surface area contributed by atoms with Gasteiger partial charge in [0.05, 0.1) is 0 Å². The number of hydrogen-bond donors (Lipinski definition) is 0. The molecule has 0 bridgehead atoms. The van der Waals surface area contributed by atoms with Gasteiger partial charge < -0.3 is 0 Å². The Morgan fingerprint density at radius 1 is 0.583 bits per heavy atom. The first-order valence-corrected chi connectivity index (χ1v) is 11.4. The summed E-state index contributed by atoms with van der Waals surface area (Å²) in [6.45, 7) is 22.0. The highest BCUT2D eigenvalue weighted by molar-refractivity contribution is 4.83. The van der Waals surface area contributed by atoms with Crippen molar-refractivity contribution in [2.45, 2.75) is 114 Å². The summed E-state index contributed by atoms with van der Waals surface area (Å²) in [5.41, 5.74) is 0. The Bertz CT molecular complexity index is 278. The van der Waals surface area contributed by atoms with Crippen LogP contribution in [0.3, 0.4) is 0 Å². The predicted molar refractivity (Wildman–Crippen MR) is 112 cm³/mol. The Labute approximate surface area is 155 Å². The first kappa shape index (κ1) is 24.0. The summed E-state index contributed by atoms with van der Waals surface area (Å²) in [7, 11) is 0. The van der Waals surface area contributed by atoms with E-state index in [4.69, 9.17) is 0 Å². The molecular weight excluding hydrogens is 288 g/mol. The normalized spacial score (nSPS) is 19.8. The molecule has 146 valence electrons. The van der Waals surface area contributed by atoms with Crippen LogP contribution in [-0.2, 0) is 0 Å². The highest BCUT2D eigenvalue weighted by Crippen LogP contribution is 2.42. The van der Waals surface area contributed by atoms with Gasteiger partial charge in [-0.3, -0.25) is 0 Å². The van der Waals surface area contributed by atoms with E-state index in [-0.39, 0.29) is 0 Å². The Kier molecular flexibility index (Phi) is 13.2. The van der Waals surface area contributed by atoms with Crippen molar-refractivity contribution in [2.24, 2.45) is 41.4 Å². The summed E-state index contributed by atoms with van der Waals surface area (Å²) in [5, 5.41) is 0. The molecule has 0 aromatic rings. The third kappa shape index (κ3) is 7.92. The van der Waals surface area contributed by atoms with E-state index >= 15 is 0 Å². The van der Waals surface area contributed by atoms with Crippen LogP contribution in [0.2, 0.25) is 0 Å². The Hall–Kier alpha value is 0. The van der Waals surface area contributed by atoms with Crippen LogP contribution in [-0.4, -0.2) is 0 Å². The SMILES string of the molecule is CCCC(C)C(C)C(CC(C)CC)C(CC(CC)CC)C(C)CC. The van der Waals surface area contributed by atoms with Gasteiger partial charge in [-0.2, -0.15) is 0 Å². The van der Waals surface area contributed by atoms with Crippen molar-refractivity contribution in [1.82, 2.24) is 0 Å². The summed E-state index contributed by atoms with van der Waals surface area (Å²) >= 11 is 0. The lowest BCUT2D eigenvalue weighted by Crippen LogP contribution is -2.33. The van der Waals surface area contributed by atoms with E-state index < -0.39 is 0 Å². The van der Waals surface area contributed by atoms with E-state index in [0.29, 0.717) is 0 Å². The highest BCUT2D eigenvalue weighted by atomic mass is 14.4. The number of rotatable bonds is 14. The molecular formula is C24H50. The third-order valence-electron chi connectivity index (χ3n) is 7.37. The molecule has 0 rings (SSSR count).